The van der Waals surface area contributed by atoms with Gasteiger partial charge in [0.05, 0.1) is 4.92 Å². The minimum absolute atomic E-state index is 0.153. The molecule has 0 aromatic heterocycles. The van der Waals surface area contributed by atoms with E-state index in [1.165, 1.54) is 12.1 Å². The second-order valence-corrected chi connectivity index (χ2v) is 6.35. The van der Waals surface area contributed by atoms with Gasteiger partial charge < -0.3 is 10.4 Å². The van der Waals surface area contributed by atoms with Gasteiger partial charge in [0.25, 0.3) is 0 Å². The van der Waals surface area contributed by atoms with Gasteiger partial charge in [0.1, 0.15) is 11.3 Å². The van der Waals surface area contributed by atoms with Crippen LogP contribution >= 0.6 is 0 Å². The number of carboxylic acid groups (broad SMARTS) is 1. The summed E-state index contributed by atoms with van der Waals surface area (Å²) in [6.07, 6.45) is 3.97. The van der Waals surface area contributed by atoms with Gasteiger partial charge in [-0.1, -0.05) is 19.9 Å². The van der Waals surface area contributed by atoms with Crippen LogP contribution in [-0.2, 0) is 0 Å². The normalized spacial score (nSPS) is 18.2. The molecular weight excluding hydrogens is 272 g/mol. The van der Waals surface area contributed by atoms with Gasteiger partial charge in [-0.25, -0.2) is 4.79 Å². The fraction of sp³-hybridized carbons (Fsp3) is 0.533. The molecule has 0 atom stereocenters. The second-order valence-electron chi connectivity index (χ2n) is 6.35. The van der Waals surface area contributed by atoms with E-state index in [0.29, 0.717) is 11.1 Å². The number of carbonyl (C=O) groups is 1. The molecule has 0 heterocycles. The van der Waals surface area contributed by atoms with Crippen LogP contribution in [0.15, 0.2) is 18.2 Å². The molecule has 1 fully saturated rings. The average Bonchev–Trinajstić information content (AvgIpc) is 2.40. The third kappa shape index (κ3) is 3.51. The summed E-state index contributed by atoms with van der Waals surface area (Å²) in [6, 6.07) is 4.52. The Morgan fingerprint density at radius 3 is 2.52 bits per heavy atom. The van der Waals surface area contributed by atoms with Crippen molar-refractivity contribution in [2.45, 2.75) is 45.6 Å². The van der Waals surface area contributed by atoms with Gasteiger partial charge in [0, 0.05) is 6.04 Å². The maximum absolute atomic E-state index is 11.2. The first-order chi connectivity index (χ1) is 9.80. The van der Waals surface area contributed by atoms with E-state index in [4.69, 9.17) is 5.11 Å². The van der Waals surface area contributed by atoms with Crippen molar-refractivity contribution >= 4 is 17.3 Å². The molecule has 0 bridgehead atoms. The zero-order valence-corrected chi connectivity index (χ0v) is 12.3. The molecule has 0 aliphatic heterocycles. The van der Waals surface area contributed by atoms with Gasteiger partial charge in [-0.15, -0.1) is 0 Å². The second kappa shape index (κ2) is 5.71. The highest BCUT2D eigenvalue weighted by atomic mass is 16.6. The van der Waals surface area contributed by atoms with Gasteiger partial charge in [-0.3, -0.25) is 10.1 Å². The quantitative estimate of drug-likeness (QED) is 0.652. The van der Waals surface area contributed by atoms with Crippen LogP contribution in [-0.4, -0.2) is 22.0 Å². The lowest BCUT2D eigenvalue weighted by Crippen LogP contribution is -2.30. The number of nitrogens with zero attached hydrogens (tertiary/aromatic N) is 1. The van der Waals surface area contributed by atoms with Crippen molar-refractivity contribution in [1.82, 2.24) is 0 Å². The minimum atomic E-state index is -1.28. The van der Waals surface area contributed by atoms with Crippen LogP contribution in [0.5, 0.6) is 0 Å². The third-order valence-corrected chi connectivity index (χ3v) is 4.15. The number of benzene rings is 1. The smallest absolute Gasteiger partial charge is 0.342 e. The fourth-order valence-corrected chi connectivity index (χ4v) is 2.79. The maximum atomic E-state index is 11.2. The Hall–Kier alpha value is -2.11. The predicted molar refractivity (Wildman–Crippen MR) is 79.7 cm³/mol. The third-order valence-electron chi connectivity index (χ3n) is 4.15. The van der Waals surface area contributed by atoms with E-state index in [1.54, 1.807) is 6.07 Å². The number of nitro groups is 1. The van der Waals surface area contributed by atoms with Crippen molar-refractivity contribution in [2.75, 3.05) is 5.32 Å². The Bertz CT molecular complexity index is 559. The number of nitrogens with one attached hydrogen (secondary N) is 1. The van der Waals surface area contributed by atoms with Crippen LogP contribution in [0.4, 0.5) is 11.4 Å². The van der Waals surface area contributed by atoms with E-state index in [9.17, 15) is 14.9 Å². The summed E-state index contributed by atoms with van der Waals surface area (Å²) in [5.41, 5.74) is -0.0203. The van der Waals surface area contributed by atoms with Gasteiger partial charge in [-0.2, -0.15) is 0 Å². The molecule has 6 heteroatoms. The van der Waals surface area contributed by atoms with Crippen LogP contribution in [0.2, 0.25) is 0 Å². The highest BCUT2D eigenvalue weighted by molar-refractivity contribution is 5.95. The molecule has 1 aliphatic rings. The molecule has 1 aromatic carbocycles. The molecule has 2 rings (SSSR count). The number of carboxylic acids is 1. The summed E-state index contributed by atoms with van der Waals surface area (Å²) in [5.74, 6) is -1.28. The van der Waals surface area contributed by atoms with E-state index in [-0.39, 0.29) is 17.3 Å². The van der Waals surface area contributed by atoms with Gasteiger partial charge >= 0.3 is 11.7 Å². The van der Waals surface area contributed by atoms with Crippen molar-refractivity contribution in [3.05, 3.63) is 33.9 Å². The van der Waals surface area contributed by atoms with E-state index >= 15 is 0 Å². The lowest BCUT2D eigenvalue weighted by Gasteiger charge is -2.35. The summed E-state index contributed by atoms with van der Waals surface area (Å²) >= 11 is 0. The number of para-hydroxylation sites is 1. The largest absolute Gasteiger partial charge is 0.477 e. The zero-order chi connectivity index (χ0) is 15.6. The number of hydrogen-bond donors (Lipinski definition) is 2. The Labute approximate surface area is 123 Å². The van der Waals surface area contributed by atoms with Crippen LogP contribution in [0, 0.1) is 15.5 Å². The predicted octanol–water partition coefficient (Wildman–Crippen LogP) is 3.67. The summed E-state index contributed by atoms with van der Waals surface area (Å²) in [4.78, 5) is 21.7. The molecule has 0 amide bonds. The Morgan fingerprint density at radius 1 is 1.38 bits per heavy atom. The first kappa shape index (κ1) is 15.3. The Kier molecular flexibility index (Phi) is 4.16. The van der Waals surface area contributed by atoms with E-state index in [0.717, 1.165) is 25.7 Å². The lowest BCUT2D eigenvalue weighted by atomic mass is 9.75. The number of aromatic carboxylic acids is 1. The standard InChI is InChI=1S/C15H20N2O4/c1-15(2)8-6-10(7-9-15)16-12-5-3-4-11(14(18)19)13(12)17(20)21/h3-5,10,16H,6-9H2,1-2H3,(H,18,19). The molecule has 6 nitrogen and oxygen atoms in total. The van der Waals surface area contributed by atoms with Gasteiger partial charge in [0.15, 0.2) is 0 Å². The number of rotatable bonds is 4. The summed E-state index contributed by atoms with van der Waals surface area (Å²) in [5, 5.41) is 23.4. The highest BCUT2D eigenvalue weighted by Crippen LogP contribution is 2.37. The zero-order valence-electron chi connectivity index (χ0n) is 12.3. The number of hydrogen-bond acceptors (Lipinski definition) is 4. The Balaban J connectivity index is 2.23. The molecular formula is C15H20N2O4. The van der Waals surface area contributed by atoms with Crippen molar-refractivity contribution < 1.29 is 14.8 Å². The molecule has 114 valence electrons. The first-order valence-corrected chi connectivity index (χ1v) is 7.07. The SMILES string of the molecule is CC1(C)CCC(Nc2cccc(C(=O)O)c2[N+](=O)[O-])CC1. The van der Waals surface area contributed by atoms with E-state index in [1.807, 2.05) is 0 Å². The molecule has 1 aliphatic carbocycles. The van der Waals surface area contributed by atoms with Crippen LogP contribution in [0.1, 0.15) is 49.9 Å². The molecule has 21 heavy (non-hydrogen) atoms. The molecule has 1 aromatic rings. The fourth-order valence-electron chi connectivity index (χ4n) is 2.79. The lowest BCUT2D eigenvalue weighted by molar-refractivity contribution is -0.384. The van der Waals surface area contributed by atoms with Crippen LogP contribution in [0.3, 0.4) is 0 Å². The summed E-state index contributed by atoms with van der Waals surface area (Å²) < 4.78 is 0. The minimum Gasteiger partial charge on any atom is -0.477 e. The van der Waals surface area contributed by atoms with Crippen LogP contribution in [0.25, 0.3) is 0 Å². The summed E-state index contributed by atoms with van der Waals surface area (Å²) in [6.45, 7) is 4.44. The molecule has 0 unspecified atom stereocenters. The van der Waals surface area contributed by atoms with E-state index in [2.05, 4.69) is 19.2 Å². The molecule has 0 saturated heterocycles. The Morgan fingerprint density at radius 2 is 2.00 bits per heavy atom. The van der Waals surface area contributed by atoms with Crippen molar-refractivity contribution in [2.24, 2.45) is 5.41 Å². The number of nitro benzene ring substituents is 1. The van der Waals surface area contributed by atoms with Gasteiger partial charge in [-0.05, 0) is 43.2 Å². The maximum Gasteiger partial charge on any atom is 0.342 e. The number of anilines is 1. The van der Waals surface area contributed by atoms with Crippen molar-refractivity contribution in [1.29, 1.82) is 0 Å². The summed E-state index contributed by atoms with van der Waals surface area (Å²) in [7, 11) is 0. The van der Waals surface area contributed by atoms with Crippen LogP contribution < -0.4 is 5.32 Å². The molecule has 0 spiro atoms. The van der Waals surface area contributed by atoms with Crippen molar-refractivity contribution in [3.63, 3.8) is 0 Å². The van der Waals surface area contributed by atoms with E-state index < -0.39 is 10.9 Å². The molecule has 2 N–H and O–H groups in total. The highest BCUT2D eigenvalue weighted by Gasteiger charge is 2.29. The average molecular weight is 292 g/mol. The monoisotopic (exact) mass is 292 g/mol. The first-order valence-electron chi connectivity index (χ1n) is 7.07. The van der Waals surface area contributed by atoms with Gasteiger partial charge in [0.2, 0.25) is 0 Å². The molecule has 1 saturated carbocycles. The van der Waals surface area contributed by atoms with Crippen molar-refractivity contribution in [3.8, 4) is 0 Å². The molecule has 0 radical (unpaired) electrons. The topological polar surface area (TPSA) is 92.5 Å².